The van der Waals surface area contributed by atoms with Gasteiger partial charge in [0.05, 0.1) is 5.88 Å². The highest BCUT2D eigenvalue weighted by Gasteiger charge is 2.10. The highest BCUT2D eigenvalue weighted by atomic mass is 35.5. The summed E-state index contributed by atoms with van der Waals surface area (Å²) in [7, 11) is 1.33. The first-order chi connectivity index (χ1) is 6.69. The Hall–Kier alpha value is -1.16. The number of oxime groups is 1. The summed E-state index contributed by atoms with van der Waals surface area (Å²) < 4.78 is 25.7. The maximum atomic E-state index is 13.2. The van der Waals surface area contributed by atoms with Crippen LogP contribution in [0, 0.1) is 11.6 Å². The number of benzene rings is 1. The summed E-state index contributed by atoms with van der Waals surface area (Å²) in [5, 5.41) is 3.53. The molecule has 5 heteroatoms. The Morgan fingerprint density at radius 2 is 2.21 bits per heavy atom. The fraction of sp³-hybridized carbons (Fsp3) is 0.222. The summed E-state index contributed by atoms with van der Waals surface area (Å²) in [6.45, 7) is 0. The van der Waals surface area contributed by atoms with Crippen LogP contribution in [0.4, 0.5) is 8.78 Å². The summed E-state index contributed by atoms with van der Waals surface area (Å²) in [6.07, 6.45) is 0. The van der Waals surface area contributed by atoms with Crippen molar-refractivity contribution in [3.05, 3.63) is 35.4 Å². The lowest BCUT2D eigenvalue weighted by molar-refractivity contribution is 0.213. The van der Waals surface area contributed by atoms with E-state index in [9.17, 15) is 8.78 Å². The minimum Gasteiger partial charge on any atom is -0.399 e. The molecule has 0 bridgehead atoms. The molecule has 0 radical (unpaired) electrons. The molecule has 0 saturated heterocycles. The zero-order chi connectivity index (χ0) is 10.6. The molecule has 0 aliphatic rings. The fourth-order valence-corrected chi connectivity index (χ4v) is 1.17. The highest BCUT2D eigenvalue weighted by molar-refractivity contribution is 6.31. The monoisotopic (exact) mass is 219 g/mol. The molecule has 76 valence electrons. The molecule has 0 amide bonds. The van der Waals surface area contributed by atoms with Crippen LogP contribution in [0.2, 0.25) is 0 Å². The molecule has 14 heavy (non-hydrogen) atoms. The van der Waals surface area contributed by atoms with Crippen molar-refractivity contribution in [1.82, 2.24) is 0 Å². The minimum absolute atomic E-state index is 0.00358. The molecule has 1 aromatic carbocycles. The van der Waals surface area contributed by atoms with Crippen LogP contribution in [-0.2, 0) is 4.84 Å². The van der Waals surface area contributed by atoms with E-state index in [1.165, 1.54) is 13.2 Å². The van der Waals surface area contributed by atoms with Gasteiger partial charge in [0, 0.05) is 11.6 Å². The van der Waals surface area contributed by atoms with E-state index in [1.807, 2.05) is 0 Å². The van der Waals surface area contributed by atoms with E-state index in [-0.39, 0.29) is 17.2 Å². The van der Waals surface area contributed by atoms with Crippen molar-refractivity contribution in [1.29, 1.82) is 0 Å². The maximum absolute atomic E-state index is 13.2. The average molecular weight is 220 g/mol. The van der Waals surface area contributed by atoms with Crippen molar-refractivity contribution in [3.8, 4) is 0 Å². The lowest BCUT2D eigenvalue weighted by Crippen LogP contribution is -2.06. The molecule has 1 aromatic rings. The van der Waals surface area contributed by atoms with Gasteiger partial charge in [0.25, 0.3) is 0 Å². The van der Waals surface area contributed by atoms with Gasteiger partial charge in [0.1, 0.15) is 24.5 Å². The van der Waals surface area contributed by atoms with Gasteiger partial charge in [-0.15, -0.1) is 11.6 Å². The van der Waals surface area contributed by atoms with Crippen LogP contribution < -0.4 is 0 Å². The van der Waals surface area contributed by atoms with E-state index in [4.69, 9.17) is 11.6 Å². The molecule has 0 atom stereocenters. The zero-order valence-electron chi connectivity index (χ0n) is 7.43. The molecule has 0 unspecified atom stereocenters. The second-order valence-electron chi connectivity index (χ2n) is 2.48. The minimum atomic E-state index is -0.707. The second kappa shape index (κ2) is 4.91. The quantitative estimate of drug-likeness (QED) is 0.435. The number of halogens is 3. The zero-order valence-corrected chi connectivity index (χ0v) is 8.18. The first-order valence-electron chi connectivity index (χ1n) is 3.80. The molecular formula is C9H8ClF2NO. The third kappa shape index (κ3) is 2.42. The normalized spacial score (nSPS) is 11.6. The summed E-state index contributed by atoms with van der Waals surface area (Å²) >= 11 is 5.52. The number of alkyl halides is 1. The van der Waals surface area contributed by atoms with Crippen LogP contribution in [0.5, 0.6) is 0 Å². The predicted molar refractivity (Wildman–Crippen MR) is 50.6 cm³/mol. The summed E-state index contributed by atoms with van der Waals surface area (Å²) in [6, 6.07) is 3.17. The van der Waals surface area contributed by atoms with Crippen molar-refractivity contribution in [2.75, 3.05) is 13.0 Å². The molecule has 2 nitrogen and oxygen atoms in total. The SMILES string of the molecule is CO/N=C(\CCl)c1ccc(F)cc1F. The molecule has 0 fully saturated rings. The summed E-state index contributed by atoms with van der Waals surface area (Å²) in [5.74, 6) is -1.35. The van der Waals surface area contributed by atoms with Gasteiger partial charge in [-0.25, -0.2) is 8.78 Å². The molecular weight excluding hydrogens is 212 g/mol. The topological polar surface area (TPSA) is 21.6 Å². The molecule has 0 aliphatic heterocycles. The van der Waals surface area contributed by atoms with Gasteiger partial charge in [-0.1, -0.05) is 5.16 Å². The molecule has 0 N–H and O–H groups in total. The van der Waals surface area contributed by atoms with Crippen molar-refractivity contribution < 1.29 is 13.6 Å². The largest absolute Gasteiger partial charge is 0.399 e. The highest BCUT2D eigenvalue weighted by Crippen LogP contribution is 2.11. The number of rotatable bonds is 3. The lowest BCUT2D eigenvalue weighted by atomic mass is 10.1. The van der Waals surface area contributed by atoms with Gasteiger partial charge < -0.3 is 4.84 Å². The third-order valence-corrected chi connectivity index (χ3v) is 1.82. The van der Waals surface area contributed by atoms with Crippen molar-refractivity contribution in [2.45, 2.75) is 0 Å². The van der Waals surface area contributed by atoms with Gasteiger partial charge in [0.2, 0.25) is 0 Å². The standard InChI is InChI=1S/C9H8ClF2NO/c1-14-13-9(5-10)7-3-2-6(11)4-8(7)12/h2-4H,5H2,1H3/b13-9+. The molecule has 0 aliphatic carbocycles. The Morgan fingerprint density at radius 1 is 1.50 bits per heavy atom. The van der Waals surface area contributed by atoms with Crippen molar-refractivity contribution >= 4 is 17.3 Å². The third-order valence-electron chi connectivity index (χ3n) is 1.57. The van der Waals surface area contributed by atoms with Crippen LogP contribution in [0.25, 0.3) is 0 Å². The first-order valence-corrected chi connectivity index (χ1v) is 4.34. The number of nitrogens with zero attached hydrogens (tertiary/aromatic N) is 1. The maximum Gasteiger partial charge on any atom is 0.135 e. The van der Waals surface area contributed by atoms with Crippen LogP contribution in [0.3, 0.4) is 0 Å². The number of hydrogen-bond donors (Lipinski definition) is 0. The fourth-order valence-electron chi connectivity index (χ4n) is 0.979. The van der Waals surface area contributed by atoms with E-state index in [0.29, 0.717) is 0 Å². The first kappa shape index (κ1) is 10.9. The van der Waals surface area contributed by atoms with Crippen LogP contribution in [-0.4, -0.2) is 18.7 Å². The Labute approximate surface area is 85.1 Å². The van der Waals surface area contributed by atoms with E-state index in [1.54, 1.807) is 0 Å². The summed E-state index contributed by atoms with van der Waals surface area (Å²) in [4.78, 5) is 4.48. The summed E-state index contributed by atoms with van der Waals surface area (Å²) in [5.41, 5.74) is 0.370. The van der Waals surface area contributed by atoms with Crippen LogP contribution in [0.15, 0.2) is 23.4 Å². The molecule has 0 spiro atoms. The van der Waals surface area contributed by atoms with Gasteiger partial charge in [-0.2, -0.15) is 0 Å². The Morgan fingerprint density at radius 3 is 2.71 bits per heavy atom. The van der Waals surface area contributed by atoms with Gasteiger partial charge in [-0.05, 0) is 12.1 Å². The van der Waals surface area contributed by atoms with Gasteiger partial charge in [-0.3, -0.25) is 0 Å². The lowest BCUT2D eigenvalue weighted by Gasteiger charge is -2.03. The van der Waals surface area contributed by atoms with E-state index in [2.05, 4.69) is 9.99 Å². The molecule has 1 rings (SSSR count). The van der Waals surface area contributed by atoms with E-state index in [0.717, 1.165) is 12.1 Å². The van der Waals surface area contributed by atoms with E-state index >= 15 is 0 Å². The van der Waals surface area contributed by atoms with Crippen LogP contribution in [0.1, 0.15) is 5.56 Å². The van der Waals surface area contributed by atoms with Crippen molar-refractivity contribution in [3.63, 3.8) is 0 Å². The van der Waals surface area contributed by atoms with Gasteiger partial charge in [0.15, 0.2) is 0 Å². The Kier molecular flexibility index (Phi) is 3.83. The average Bonchev–Trinajstić information content (AvgIpc) is 2.15. The second-order valence-corrected chi connectivity index (χ2v) is 2.75. The molecule has 0 heterocycles. The van der Waals surface area contributed by atoms with Crippen molar-refractivity contribution in [2.24, 2.45) is 5.16 Å². The van der Waals surface area contributed by atoms with E-state index < -0.39 is 11.6 Å². The van der Waals surface area contributed by atoms with Crippen LogP contribution >= 0.6 is 11.6 Å². The molecule has 0 aromatic heterocycles. The van der Waals surface area contributed by atoms with Gasteiger partial charge >= 0.3 is 0 Å². The molecule has 0 saturated carbocycles. The number of hydrogen-bond acceptors (Lipinski definition) is 2. The Balaban J connectivity index is 3.11. The predicted octanol–water partition coefficient (Wildman–Crippen LogP) is 2.55. The smallest absolute Gasteiger partial charge is 0.135 e. The Bertz CT molecular complexity index is 355.